The van der Waals surface area contributed by atoms with Gasteiger partial charge < -0.3 is 20.9 Å². The molecule has 144 valence electrons. The molecule has 6 heteroatoms. The fourth-order valence-corrected chi connectivity index (χ4v) is 3.11. The predicted octanol–water partition coefficient (Wildman–Crippen LogP) is 2.23. The number of benzene rings is 1. The summed E-state index contributed by atoms with van der Waals surface area (Å²) in [6.45, 7) is 9.60. The lowest BCUT2D eigenvalue weighted by Gasteiger charge is -2.25. The minimum absolute atomic E-state index is 0.0459. The molecule has 1 amide bonds. The molecular formula is C20H33N5O. The Kier molecular flexibility index (Phi) is 8.96. The maximum Gasteiger partial charge on any atom is 0.221 e. The molecule has 1 heterocycles. The molecule has 26 heavy (non-hydrogen) atoms. The van der Waals surface area contributed by atoms with Crippen LogP contribution >= 0.6 is 0 Å². The summed E-state index contributed by atoms with van der Waals surface area (Å²) in [5, 5.41) is 9.50. The number of guanidine groups is 1. The van der Waals surface area contributed by atoms with E-state index in [-0.39, 0.29) is 5.91 Å². The number of rotatable bonds is 8. The quantitative estimate of drug-likeness (QED) is 0.492. The standard InChI is InChI=1S/C20H33N5O/c1-3-21-20(23-13-16-25-14-5-4-6-15-25)22-12-11-18-7-9-19(10-8-18)24-17(2)26/h7-10H,3-6,11-16H2,1-2H3,(H,24,26)(H2,21,22,23). The Balaban J connectivity index is 1.72. The van der Waals surface area contributed by atoms with E-state index in [1.54, 1.807) is 0 Å². The van der Waals surface area contributed by atoms with Crippen LogP contribution < -0.4 is 16.0 Å². The molecule has 0 unspecified atom stereocenters. The summed E-state index contributed by atoms with van der Waals surface area (Å²) in [5.74, 6) is 0.842. The highest BCUT2D eigenvalue weighted by atomic mass is 16.1. The Morgan fingerprint density at radius 1 is 1.12 bits per heavy atom. The second-order valence-corrected chi connectivity index (χ2v) is 6.72. The van der Waals surface area contributed by atoms with Gasteiger partial charge in [0.1, 0.15) is 0 Å². The molecule has 1 saturated heterocycles. The van der Waals surface area contributed by atoms with Crippen LogP contribution in [0.4, 0.5) is 5.69 Å². The van der Waals surface area contributed by atoms with Gasteiger partial charge in [-0.1, -0.05) is 18.6 Å². The van der Waals surface area contributed by atoms with Crippen molar-refractivity contribution in [2.24, 2.45) is 4.99 Å². The molecule has 2 rings (SSSR count). The summed E-state index contributed by atoms with van der Waals surface area (Å²) in [4.78, 5) is 18.2. The molecule has 1 aromatic carbocycles. The molecule has 1 aliphatic rings. The smallest absolute Gasteiger partial charge is 0.221 e. The number of aliphatic imine (C=N–C) groups is 1. The van der Waals surface area contributed by atoms with Gasteiger partial charge in [-0.3, -0.25) is 9.79 Å². The van der Waals surface area contributed by atoms with Gasteiger partial charge in [-0.25, -0.2) is 0 Å². The van der Waals surface area contributed by atoms with Crippen molar-refractivity contribution in [1.29, 1.82) is 0 Å². The lowest BCUT2D eigenvalue weighted by atomic mass is 10.1. The number of carbonyl (C=O) groups excluding carboxylic acids is 1. The molecule has 1 fully saturated rings. The largest absolute Gasteiger partial charge is 0.357 e. The zero-order valence-corrected chi connectivity index (χ0v) is 16.2. The van der Waals surface area contributed by atoms with Gasteiger partial charge in [-0.05, 0) is 57.0 Å². The Labute approximate surface area is 157 Å². The molecule has 0 bridgehead atoms. The maximum atomic E-state index is 11.0. The Morgan fingerprint density at radius 3 is 2.50 bits per heavy atom. The molecule has 6 nitrogen and oxygen atoms in total. The third kappa shape index (κ3) is 7.87. The van der Waals surface area contributed by atoms with Gasteiger partial charge in [0, 0.05) is 32.2 Å². The van der Waals surface area contributed by atoms with Crippen molar-refractivity contribution in [1.82, 2.24) is 15.5 Å². The highest BCUT2D eigenvalue weighted by molar-refractivity contribution is 5.88. The second-order valence-electron chi connectivity index (χ2n) is 6.72. The van der Waals surface area contributed by atoms with E-state index in [1.807, 2.05) is 24.3 Å². The average Bonchev–Trinajstić information content (AvgIpc) is 2.63. The van der Waals surface area contributed by atoms with Crippen molar-refractivity contribution < 1.29 is 4.79 Å². The van der Waals surface area contributed by atoms with E-state index in [9.17, 15) is 4.79 Å². The monoisotopic (exact) mass is 359 g/mol. The first kappa shape index (κ1) is 20.2. The third-order valence-corrected chi connectivity index (χ3v) is 4.46. The van der Waals surface area contributed by atoms with E-state index < -0.39 is 0 Å². The summed E-state index contributed by atoms with van der Waals surface area (Å²) >= 11 is 0. The van der Waals surface area contributed by atoms with Gasteiger partial charge in [0.2, 0.25) is 5.91 Å². The number of carbonyl (C=O) groups is 1. The fraction of sp³-hybridized carbons (Fsp3) is 0.600. The molecule has 1 aromatic rings. The van der Waals surface area contributed by atoms with Crippen LogP contribution in [-0.2, 0) is 11.2 Å². The zero-order chi connectivity index (χ0) is 18.6. The van der Waals surface area contributed by atoms with Crippen molar-refractivity contribution in [2.75, 3.05) is 44.6 Å². The zero-order valence-electron chi connectivity index (χ0n) is 16.2. The normalized spacial score (nSPS) is 15.5. The lowest BCUT2D eigenvalue weighted by Crippen LogP contribution is -2.39. The minimum Gasteiger partial charge on any atom is -0.357 e. The van der Waals surface area contributed by atoms with E-state index in [0.717, 1.165) is 44.2 Å². The highest BCUT2D eigenvalue weighted by Gasteiger charge is 2.08. The Morgan fingerprint density at radius 2 is 1.85 bits per heavy atom. The summed E-state index contributed by atoms with van der Waals surface area (Å²) < 4.78 is 0. The number of nitrogens with one attached hydrogen (secondary N) is 3. The van der Waals surface area contributed by atoms with Gasteiger partial charge >= 0.3 is 0 Å². The summed E-state index contributed by atoms with van der Waals surface area (Å²) in [6, 6.07) is 7.98. The van der Waals surface area contributed by atoms with E-state index in [0.29, 0.717) is 0 Å². The SMILES string of the molecule is CCNC(=NCCN1CCCCC1)NCCc1ccc(NC(C)=O)cc1. The summed E-state index contributed by atoms with van der Waals surface area (Å²) in [7, 11) is 0. The van der Waals surface area contributed by atoms with Crippen LogP contribution in [0.15, 0.2) is 29.3 Å². The van der Waals surface area contributed by atoms with Crippen molar-refractivity contribution in [2.45, 2.75) is 39.5 Å². The number of hydrogen-bond acceptors (Lipinski definition) is 3. The van der Waals surface area contributed by atoms with Gasteiger partial charge in [-0.15, -0.1) is 0 Å². The van der Waals surface area contributed by atoms with Gasteiger partial charge in [0.15, 0.2) is 5.96 Å². The van der Waals surface area contributed by atoms with E-state index in [4.69, 9.17) is 4.99 Å². The molecule has 0 aliphatic carbocycles. The summed E-state index contributed by atoms with van der Waals surface area (Å²) in [6.07, 6.45) is 4.93. The molecular weight excluding hydrogens is 326 g/mol. The molecule has 0 spiro atoms. The van der Waals surface area contributed by atoms with Crippen molar-refractivity contribution in [3.05, 3.63) is 29.8 Å². The van der Waals surface area contributed by atoms with Crippen LogP contribution in [0.3, 0.4) is 0 Å². The Hall–Kier alpha value is -2.08. The highest BCUT2D eigenvalue weighted by Crippen LogP contribution is 2.10. The minimum atomic E-state index is -0.0459. The number of amides is 1. The van der Waals surface area contributed by atoms with Crippen LogP contribution in [0.1, 0.15) is 38.7 Å². The van der Waals surface area contributed by atoms with Crippen molar-refractivity contribution >= 4 is 17.6 Å². The lowest BCUT2D eigenvalue weighted by molar-refractivity contribution is -0.114. The molecule has 0 radical (unpaired) electrons. The first-order valence-corrected chi connectivity index (χ1v) is 9.78. The van der Waals surface area contributed by atoms with E-state index in [1.165, 1.54) is 44.8 Å². The summed E-state index contributed by atoms with van der Waals surface area (Å²) in [5.41, 5.74) is 2.07. The molecule has 0 saturated carbocycles. The third-order valence-electron chi connectivity index (χ3n) is 4.46. The average molecular weight is 360 g/mol. The van der Waals surface area contributed by atoms with Crippen LogP contribution in [0.5, 0.6) is 0 Å². The molecule has 3 N–H and O–H groups in total. The number of piperidine rings is 1. The topological polar surface area (TPSA) is 68.8 Å². The van der Waals surface area contributed by atoms with E-state index >= 15 is 0 Å². The number of likely N-dealkylation sites (tertiary alicyclic amines) is 1. The van der Waals surface area contributed by atoms with Gasteiger partial charge in [-0.2, -0.15) is 0 Å². The number of nitrogens with zero attached hydrogens (tertiary/aromatic N) is 2. The van der Waals surface area contributed by atoms with E-state index in [2.05, 4.69) is 27.8 Å². The van der Waals surface area contributed by atoms with Gasteiger partial charge in [0.25, 0.3) is 0 Å². The van der Waals surface area contributed by atoms with Crippen LogP contribution in [0.25, 0.3) is 0 Å². The first-order chi connectivity index (χ1) is 12.7. The molecule has 1 aliphatic heterocycles. The first-order valence-electron chi connectivity index (χ1n) is 9.78. The van der Waals surface area contributed by atoms with Crippen molar-refractivity contribution in [3.63, 3.8) is 0 Å². The fourth-order valence-electron chi connectivity index (χ4n) is 3.11. The van der Waals surface area contributed by atoms with Crippen LogP contribution in [-0.4, -0.2) is 56.0 Å². The number of hydrogen-bond donors (Lipinski definition) is 3. The molecule has 0 aromatic heterocycles. The van der Waals surface area contributed by atoms with Crippen molar-refractivity contribution in [3.8, 4) is 0 Å². The maximum absolute atomic E-state index is 11.0. The van der Waals surface area contributed by atoms with Gasteiger partial charge in [0.05, 0.1) is 6.54 Å². The Bertz CT molecular complexity index is 564. The molecule has 0 atom stereocenters. The second kappa shape index (κ2) is 11.5. The predicted molar refractivity (Wildman–Crippen MR) is 109 cm³/mol. The van der Waals surface area contributed by atoms with Crippen LogP contribution in [0.2, 0.25) is 0 Å². The number of anilines is 1. The van der Waals surface area contributed by atoms with Crippen LogP contribution in [0, 0.1) is 0 Å².